The van der Waals surface area contributed by atoms with Crippen molar-refractivity contribution in [1.82, 2.24) is 5.32 Å². The first-order valence-electron chi connectivity index (χ1n) is 5.72. The number of thioether (sulfide) groups is 1. The summed E-state index contributed by atoms with van der Waals surface area (Å²) in [5.41, 5.74) is 2.25. The van der Waals surface area contributed by atoms with Gasteiger partial charge in [0.1, 0.15) is 5.75 Å². The SMILES string of the molecule is CNC(=O)Oc1cc(C)c(SC)c(C)c1.O=C([O-])C(=O)O.[Cu+]. The zero-order chi connectivity index (χ0) is 16.6. The van der Waals surface area contributed by atoms with Crippen LogP contribution in [0.5, 0.6) is 5.75 Å². The van der Waals surface area contributed by atoms with Gasteiger partial charge in [0.25, 0.3) is 0 Å². The fourth-order valence-corrected chi connectivity index (χ4v) is 2.21. The molecular weight excluding hydrogens is 362 g/mol. The van der Waals surface area contributed by atoms with Crippen LogP contribution in [0.1, 0.15) is 11.1 Å². The zero-order valence-corrected chi connectivity index (χ0v) is 14.1. The largest absolute Gasteiger partial charge is 1.00 e. The van der Waals surface area contributed by atoms with Crippen molar-refractivity contribution in [3.05, 3.63) is 23.3 Å². The number of amides is 1. The van der Waals surface area contributed by atoms with Gasteiger partial charge in [-0.3, -0.25) is 0 Å². The molecule has 7 nitrogen and oxygen atoms in total. The molecule has 0 fully saturated rings. The number of carboxylic acids is 2. The molecule has 2 N–H and O–H groups in total. The van der Waals surface area contributed by atoms with Gasteiger partial charge in [-0.05, 0) is 43.4 Å². The van der Waals surface area contributed by atoms with Gasteiger partial charge in [-0.25, -0.2) is 9.59 Å². The number of carbonyl (C=O) groups excluding carboxylic acids is 2. The Balaban J connectivity index is 0. The Kier molecular flexibility index (Phi) is 11.2. The average molecular weight is 378 g/mol. The summed E-state index contributed by atoms with van der Waals surface area (Å²) in [5.74, 6) is -3.42. The third-order valence-corrected chi connectivity index (χ3v) is 3.28. The van der Waals surface area contributed by atoms with E-state index in [9.17, 15) is 4.79 Å². The van der Waals surface area contributed by atoms with Crippen LogP contribution in [0.3, 0.4) is 0 Å². The molecule has 0 unspecified atom stereocenters. The van der Waals surface area contributed by atoms with Gasteiger partial charge in [0.05, 0.1) is 0 Å². The molecule has 0 spiro atoms. The minimum absolute atomic E-state index is 0. The van der Waals surface area contributed by atoms with E-state index >= 15 is 0 Å². The van der Waals surface area contributed by atoms with Gasteiger partial charge < -0.3 is 25.1 Å². The normalized spacial score (nSPS) is 8.73. The summed E-state index contributed by atoms with van der Waals surface area (Å²) in [6.45, 7) is 4.02. The second kappa shape index (κ2) is 10.9. The van der Waals surface area contributed by atoms with Gasteiger partial charge in [-0.2, -0.15) is 0 Å². The zero-order valence-electron chi connectivity index (χ0n) is 12.4. The van der Waals surface area contributed by atoms with E-state index < -0.39 is 18.0 Å². The molecule has 1 aromatic rings. The first-order valence-corrected chi connectivity index (χ1v) is 6.94. The van der Waals surface area contributed by atoms with Gasteiger partial charge in [-0.15, -0.1) is 11.8 Å². The summed E-state index contributed by atoms with van der Waals surface area (Å²) in [6.07, 6.45) is 1.60. The second-order valence-electron chi connectivity index (χ2n) is 3.82. The van der Waals surface area contributed by atoms with Crippen LogP contribution < -0.4 is 15.2 Å². The number of rotatable bonds is 2. The maximum absolute atomic E-state index is 11.0. The third kappa shape index (κ3) is 7.92. The molecule has 1 rings (SSSR count). The molecule has 0 heterocycles. The van der Waals surface area contributed by atoms with Gasteiger partial charge in [0.2, 0.25) is 0 Å². The topological polar surface area (TPSA) is 116 Å². The van der Waals surface area contributed by atoms with E-state index in [1.54, 1.807) is 11.8 Å². The predicted molar refractivity (Wildman–Crippen MR) is 75.4 cm³/mol. The van der Waals surface area contributed by atoms with Crippen LogP contribution in [0.4, 0.5) is 4.79 Å². The van der Waals surface area contributed by atoms with Crippen molar-refractivity contribution in [3.63, 3.8) is 0 Å². The number of carboxylic acid groups (broad SMARTS) is 2. The first-order chi connectivity index (χ1) is 9.72. The van der Waals surface area contributed by atoms with Crippen LogP contribution in [0.15, 0.2) is 17.0 Å². The molecule has 22 heavy (non-hydrogen) atoms. The molecular formula is C13H16CuNO6S. The molecule has 1 aromatic carbocycles. The maximum atomic E-state index is 11.0. The number of hydrogen-bond acceptors (Lipinski definition) is 6. The molecule has 9 heteroatoms. The summed E-state index contributed by atoms with van der Waals surface area (Å²) < 4.78 is 5.07. The Morgan fingerprint density at radius 1 is 1.23 bits per heavy atom. The molecule has 126 valence electrons. The van der Waals surface area contributed by atoms with E-state index in [1.165, 1.54) is 11.9 Å². The number of hydrogen-bond donors (Lipinski definition) is 2. The summed E-state index contributed by atoms with van der Waals surface area (Å²) in [4.78, 5) is 30.3. The number of aryl methyl sites for hydroxylation is 2. The van der Waals surface area contributed by atoms with Crippen molar-refractivity contribution in [1.29, 1.82) is 0 Å². The van der Waals surface area contributed by atoms with E-state index in [2.05, 4.69) is 5.32 Å². The molecule has 0 radical (unpaired) electrons. The van der Waals surface area contributed by atoms with E-state index in [-0.39, 0.29) is 17.1 Å². The van der Waals surface area contributed by atoms with Crippen molar-refractivity contribution in [2.45, 2.75) is 18.7 Å². The number of aliphatic carboxylic acids is 2. The van der Waals surface area contributed by atoms with Crippen LogP contribution in [-0.2, 0) is 26.7 Å². The van der Waals surface area contributed by atoms with Crippen LogP contribution in [0.25, 0.3) is 0 Å². The smallest absolute Gasteiger partial charge is 0.539 e. The Morgan fingerprint density at radius 2 is 1.64 bits per heavy atom. The van der Waals surface area contributed by atoms with Crippen molar-refractivity contribution in [2.24, 2.45) is 0 Å². The fraction of sp³-hybridized carbons (Fsp3) is 0.308. The Morgan fingerprint density at radius 3 is 1.91 bits per heavy atom. The minimum atomic E-state index is -2.07. The van der Waals surface area contributed by atoms with Crippen molar-refractivity contribution in [3.8, 4) is 5.75 Å². The average Bonchev–Trinajstić information content (AvgIpc) is 2.38. The van der Waals surface area contributed by atoms with Gasteiger partial charge in [-0.1, -0.05) is 0 Å². The summed E-state index contributed by atoms with van der Waals surface area (Å²) in [6, 6.07) is 3.74. The molecule has 0 atom stereocenters. The van der Waals surface area contributed by atoms with Crippen molar-refractivity contribution >= 4 is 29.8 Å². The predicted octanol–water partition coefficient (Wildman–Crippen LogP) is 0.562. The van der Waals surface area contributed by atoms with Crippen molar-refractivity contribution in [2.75, 3.05) is 13.3 Å². The number of nitrogens with one attached hydrogen (secondary N) is 1. The first kappa shape index (κ1) is 22.6. The Hall–Kier alpha value is -1.70. The quantitative estimate of drug-likeness (QED) is 0.439. The van der Waals surface area contributed by atoms with Crippen LogP contribution in [0, 0.1) is 13.8 Å². The summed E-state index contributed by atoms with van der Waals surface area (Å²) in [7, 11) is 1.54. The fourth-order valence-electron chi connectivity index (χ4n) is 1.45. The number of ether oxygens (including phenoxy) is 1. The van der Waals surface area contributed by atoms with Crippen molar-refractivity contribution < 1.29 is 46.4 Å². The molecule has 0 aliphatic rings. The monoisotopic (exact) mass is 377 g/mol. The Bertz CT molecular complexity index is 514. The van der Waals surface area contributed by atoms with Crippen LogP contribution in [0.2, 0.25) is 0 Å². The maximum Gasteiger partial charge on any atom is 1.00 e. The van der Waals surface area contributed by atoms with E-state index in [0.717, 1.165) is 11.1 Å². The number of benzene rings is 1. The molecule has 0 saturated heterocycles. The number of carbonyl (C=O) groups is 3. The minimum Gasteiger partial charge on any atom is -0.539 e. The Labute approximate surface area is 142 Å². The standard InChI is InChI=1S/C11H15NO2S.C2H2O4.Cu/c1-7-5-9(14-11(13)12-3)6-8(2)10(7)15-4;3-1(4)2(5)6;/h5-6H,1-4H3,(H,12,13);(H,3,4)(H,5,6);/q;;+1/p-1. The molecule has 0 saturated carbocycles. The van der Waals surface area contributed by atoms with Crippen LogP contribution >= 0.6 is 11.8 Å². The van der Waals surface area contributed by atoms with Crippen LogP contribution in [-0.4, -0.2) is 36.4 Å². The third-order valence-electron chi connectivity index (χ3n) is 2.23. The molecule has 0 aliphatic carbocycles. The van der Waals surface area contributed by atoms with Gasteiger partial charge in [0, 0.05) is 11.9 Å². The second-order valence-corrected chi connectivity index (χ2v) is 4.64. The molecule has 0 aromatic heterocycles. The van der Waals surface area contributed by atoms with E-state index in [1.807, 2.05) is 32.2 Å². The van der Waals surface area contributed by atoms with Gasteiger partial charge in [0.15, 0.2) is 5.97 Å². The summed E-state index contributed by atoms with van der Waals surface area (Å²) in [5, 5.41) is 18.7. The molecule has 1 amide bonds. The van der Waals surface area contributed by atoms with Gasteiger partial charge >= 0.3 is 29.1 Å². The van der Waals surface area contributed by atoms with E-state index in [0.29, 0.717) is 5.75 Å². The molecule has 0 aliphatic heterocycles. The van der Waals surface area contributed by atoms with E-state index in [4.69, 9.17) is 24.5 Å². The summed E-state index contributed by atoms with van der Waals surface area (Å²) >= 11 is 1.70. The molecule has 0 bridgehead atoms.